The third kappa shape index (κ3) is 5.01. The monoisotopic (exact) mass is 588 g/mol. The van der Waals surface area contributed by atoms with Crippen LogP contribution in [0.15, 0.2) is 34.8 Å². The van der Waals surface area contributed by atoms with Crippen LogP contribution in [0.1, 0.15) is 29.9 Å². The summed E-state index contributed by atoms with van der Waals surface area (Å²) >= 11 is 1.20. The Morgan fingerprint density at radius 1 is 1.30 bits per heavy atom. The van der Waals surface area contributed by atoms with E-state index in [0.717, 1.165) is 27.7 Å². The number of aromatic nitrogens is 4. The fourth-order valence-corrected chi connectivity index (χ4v) is 6.00. The van der Waals surface area contributed by atoms with E-state index in [9.17, 15) is 13.2 Å². The molecule has 2 aliphatic heterocycles. The second-order valence-electron chi connectivity index (χ2n) is 8.08. The first-order valence-corrected chi connectivity index (χ1v) is 13.6. The van der Waals surface area contributed by atoms with E-state index in [1.807, 2.05) is 40.9 Å². The summed E-state index contributed by atoms with van der Waals surface area (Å²) in [7, 11) is 0. The van der Waals surface area contributed by atoms with Gasteiger partial charge in [0.1, 0.15) is 0 Å². The molecule has 1 fully saturated rings. The summed E-state index contributed by atoms with van der Waals surface area (Å²) < 4.78 is 50.7. The molecular weight excluding hydrogens is 566 g/mol. The first-order chi connectivity index (χ1) is 15.9. The summed E-state index contributed by atoms with van der Waals surface area (Å²) in [6, 6.07) is 1.94. The van der Waals surface area contributed by atoms with Crippen molar-refractivity contribution >= 4 is 33.6 Å². The number of halogens is 4. The average molecular weight is 588 g/mol. The Morgan fingerprint density at radius 2 is 2.12 bits per heavy atom. The number of rotatable bonds is 5. The van der Waals surface area contributed by atoms with E-state index in [4.69, 9.17) is 0 Å². The summed E-state index contributed by atoms with van der Waals surface area (Å²) in [5.74, 6) is -0.545. The zero-order valence-corrected chi connectivity index (χ0v) is 20.7. The number of fused-ring (bicyclic) bond motifs is 1. The Balaban J connectivity index is 1.30. The van der Waals surface area contributed by atoms with Crippen molar-refractivity contribution in [3.63, 3.8) is 0 Å². The molecule has 1 saturated heterocycles. The van der Waals surface area contributed by atoms with Crippen molar-refractivity contribution in [2.45, 2.75) is 32.5 Å². The number of alkyl halides is 3. The minimum absolute atomic E-state index is 0.114. The van der Waals surface area contributed by atoms with Gasteiger partial charge in [-0.1, -0.05) is 0 Å². The Bertz CT molecular complexity index is 1210. The summed E-state index contributed by atoms with van der Waals surface area (Å²) in [4.78, 5) is 11.3. The molecular formula is C21H22F3IN7S-. The zero-order valence-electron chi connectivity index (χ0n) is 17.7. The van der Waals surface area contributed by atoms with Crippen molar-refractivity contribution in [2.75, 3.05) is 18.4 Å². The minimum atomic E-state index is -4.09. The molecule has 3 aromatic heterocycles. The van der Waals surface area contributed by atoms with Gasteiger partial charge >= 0.3 is 154 Å². The van der Waals surface area contributed by atoms with Gasteiger partial charge in [0.25, 0.3) is 0 Å². The number of nitrogens with zero attached hydrogens (tertiary/aromatic N) is 5. The van der Waals surface area contributed by atoms with Gasteiger partial charge in [0.05, 0.1) is 5.92 Å². The van der Waals surface area contributed by atoms with E-state index in [-0.39, 0.29) is 34.3 Å². The van der Waals surface area contributed by atoms with Gasteiger partial charge in [-0.3, -0.25) is 4.90 Å². The van der Waals surface area contributed by atoms with Gasteiger partial charge in [-0.2, -0.15) is 13.2 Å². The van der Waals surface area contributed by atoms with E-state index in [2.05, 4.69) is 33.3 Å². The number of imidazole rings is 1. The molecule has 5 heterocycles. The van der Waals surface area contributed by atoms with E-state index in [1.165, 1.54) is 11.5 Å². The van der Waals surface area contributed by atoms with Crippen LogP contribution in [0, 0.1) is 12.8 Å². The van der Waals surface area contributed by atoms with Gasteiger partial charge in [-0.05, 0) is 25.9 Å². The van der Waals surface area contributed by atoms with E-state index >= 15 is 0 Å². The molecule has 176 valence electrons. The van der Waals surface area contributed by atoms with Crippen LogP contribution in [0.25, 0.3) is 11.2 Å². The Morgan fingerprint density at radius 3 is 2.85 bits per heavy atom. The number of anilines is 2. The summed E-state index contributed by atoms with van der Waals surface area (Å²) in [6.45, 7) is 3.35. The third-order valence-electron chi connectivity index (χ3n) is 5.72. The van der Waals surface area contributed by atoms with E-state index in [0.29, 0.717) is 31.1 Å². The van der Waals surface area contributed by atoms with Crippen LogP contribution >= 0.6 is 11.5 Å². The number of piperidine rings is 1. The molecule has 2 aliphatic rings. The van der Waals surface area contributed by atoms with Crippen molar-refractivity contribution in [3.05, 3.63) is 51.9 Å². The molecule has 5 rings (SSSR count). The van der Waals surface area contributed by atoms with Crippen molar-refractivity contribution in [1.29, 1.82) is 0 Å². The summed E-state index contributed by atoms with van der Waals surface area (Å²) in [6.07, 6.45) is 4.14. The zero-order chi connectivity index (χ0) is 23.0. The van der Waals surface area contributed by atoms with Crippen molar-refractivity contribution in [3.8, 4) is 0 Å². The predicted molar refractivity (Wildman–Crippen MR) is 117 cm³/mol. The van der Waals surface area contributed by atoms with Crippen LogP contribution < -0.4 is 30.3 Å². The van der Waals surface area contributed by atoms with Crippen molar-refractivity contribution < 1.29 is 34.7 Å². The Hall–Kier alpha value is -2.19. The van der Waals surface area contributed by atoms with Crippen LogP contribution in [0.5, 0.6) is 0 Å². The van der Waals surface area contributed by atoms with E-state index in [1.54, 1.807) is 0 Å². The first kappa shape index (κ1) is 22.6. The number of allylic oxidation sites excluding steroid dienone is 2. The molecule has 33 heavy (non-hydrogen) atoms. The molecule has 0 saturated carbocycles. The topological polar surface area (TPSA) is 70.4 Å². The molecule has 7 nitrogen and oxygen atoms in total. The summed E-state index contributed by atoms with van der Waals surface area (Å²) in [5.41, 5.74) is 4.46. The van der Waals surface area contributed by atoms with Gasteiger partial charge < -0.3 is 0 Å². The SMILES string of the molecule is Cc1cn2c(C3=CN[I-]C=C3)cnc2c(Nc2cc(CN3CCC(C(F)(F)F)CC3)ns2)n1. The van der Waals surface area contributed by atoms with Crippen LogP contribution in [-0.4, -0.2) is 42.9 Å². The van der Waals surface area contributed by atoms with Gasteiger partial charge in [-0.25, -0.2) is 0 Å². The molecule has 0 spiro atoms. The number of nitrogens with one attached hydrogen (secondary N) is 2. The average Bonchev–Trinajstić information content (AvgIpc) is 3.41. The maximum absolute atomic E-state index is 12.9. The number of hydrogen-bond acceptors (Lipinski definition) is 7. The second-order valence-corrected chi connectivity index (χ2v) is 10.8. The molecule has 0 amide bonds. The second kappa shape index (κ2) is 9.22. The molecule has 0 unspecified atom stereocenters. The van der Waals surface area contributed by atoms with Crippen molar-refractivity contribution in [2.24, 2.45) is 5.92 Å². The Kier molecular flexibility index (Phi) is 6.31. The molecule has 0 atom stereocenters. The molecule has 12 heteroatoms. The molecule has 0 bridgehead atoms. The van der Waals surface area contributed by atoms with Crippen LogP contribution in [0.3, 0.4) is 0 Å². The fraction of sp³-hybridized carbons (Fsp3) is 0.381. The number of likely N-dealkylation sites (tertiary alicyclic amines) is 1. The maximum atomic E-state index is 12.9. The van der Waals surface area contributed by atoms with Gasteiger partial charge in [0, 0.05) is 0 Å². The normalized spacial score (nSPS) is 18.1. The van der Waals surface area contributed by atoms with Crippen LogP contribution in [0.2, 0.25) is 0 Å². The molecule has 2 N–H and O–H groups in total. The number of hydrogen-bond donors (Lipinski definition) is 2. The van der Waals surface area contributed by atoms with Gasteiger partial charge in [0.15, 0.2) is 0 Å². The quantitative estimate of drug-likeness (QED) is 0.348. The predicted octanol–water partition coefficient (Wildman–Crippen LogP) is 1.47. The van der Waals surface area contributed by atoms with E-state index < -0.39 is 12.1 Å². The Labute approximate surface area is 203 Å². The van der Waals surface area contributed by atoms with Gasteiger partial charge in [-0.15, -0.1) is 0 Å². The number of aryl methyl sites for hydroxylation is 1. The standard InChI is InChI=1S/C21H22F3IN7S/c1-13-11-32-17(14-2-5-25-27-9-14)10-26-20(32)19(28-13)29-18-8-16(30-33-18)12-31-6-3-15(4-7-31)21(22,23)24/h2,5,8-11,15,27H,3-4,6-7,12H2,1H3,(H,28,29)/q-1. The van der Waals surface area contributed by atoms with Crippen molar-refractivity contribution in [1.82, 2.24) is 27.2 Å². The van der Waals surface area contributed by atoms with Gasteiger partial charge in [0.2, 0.25) is 0 Å². The first-order valence-electron chi connectivity index (χ1n) is 10.5. The molecule has 3 aromatic rings. The van der Waals surface area contributed by atoms with Crippen LogP contribution in [0.4, 0.5) is 24.0 Å². The van der Waals surface area contributed by atoms with Crippen LogP contribution in [-0.2, 0) is 6.54 Å². The molecule has 0 radical (unpaired) electrons. The fourth-order valence-electron chi connectivity index (χ4n) is 4.05. The third-order valence-corrected chi connectivity index (χ3v) is 7.86. The molecule has 0 aliphatic carbocycles. The molecule has 0 aromatic carbocycles. The summed E-state index contributed by atoms with van der Waals surface area (Å²) in [5, 5.41) is 4.16.